The molecule has 0 saturated heterocycles. The van der Waals surface area contributed by atoms with Crippen molar-refractivity contribution in [2.45, 2.75) is 0 Å². The van der Waals surface area contributed by atoms with E-state index >= 15 is 0 Å². The molecule has 5 N–H and O–H groups in total. The Morgan fingerprint density at radius 1 is 1.22 bits per heavy atom. The van der Waals surface area contributed by atoms with Crippen LogP contribution >= 0.6 is 0 Å². The summed E-state index contributed by atoms with van der Waals surface area (Å²) in [5.41, 5.74) is 9.00. The number of H-pyrrole nitrogens is 3. The summed E-state index contributed by atoms with van der Waals surface area (Å²) in [5.74, 6) is 0.523. The Kier molecular flexibility index (Phi) is 2.26. The van der Waals surface area contributed by atoms with Crippen molar-refractivity contribution >= 4 is 5.82 Å². The summed E-state index contributed by atoms with van der Waals surface area (Å²) in [6, 6.07) is 7.71. The van der Waals surface area contributed by atoms with Crippen molar-refractivity contribution < 1.29 is 0 Å². The second kappa shape index (κ2) is 3.92. The maximum Gasteiger partial charge on any atom is 0.323 e. The molecule has 0 fully saturated rings. The van der Waals surface area contributed by atoms with Crippen LogP contribution in [0, 0.1) is 0 Å². The van der Waals surface area contributed by atoms with Gasteiger partial charge in [0.2, 0.25) is 0 Å². The van der Waals surface area contributed by atoms with E-state index in [0.717, 1.165) is 22.4 Å². The molecule has 0 aliphatic carbocycles. The molecule has 0 aliphatic heterocycles. The van der Waals surface area contributed by atoms with E-state index in [4.69, 9.17) is 5.73 Å². The summed E-state index contributed by atoms with van der Waals surface area (Å²) in [4.78, 5) is 16.4. The summed E-state index contributed by atoms with van der Waals surface area (Å²) < 4.78 is 0. The molecule has 2 heterocycles. The van der Waals surface area contributed by atoms with E-state index < -0.39 is 0 Å². The highest BCUT2D eigenvalue weighted by Gasteiger charge is 2.06. The molecule has 1 aromatic carbocycles. The topological polar surface area (TPSA) is 103 Å². The number of rotatable bonds is 2. The van der Waals surface area contributed by atoms with Crippen LogP contribution in [0.4, 0.5) is 5.82 Å². The minimum atomic E-state index is -0.224. The third kappa shape index (κ3) is 1.69. The zero-order valence-electron chi connectivity index (χ0n) is 9.40. The van der Waals surface area contributed by atoms with E-state index in [1.54, 1.807) is 12.4 Å². The van der Waals surface area contributed by atoms with E-state index in [1.807, 2.05) is 24.3 Å². The smallest absolute Gasteiger partial charge is 0.323 e. The standard InChI is InChI=1S/C12H11N5O/c13-11-9(5-15-17-11)7-2-1-3-8(4-7)10-6-14-12(18)16-10/h1-6H,(H3,13,15,17)(H2,14,16,18). The first-order valence-corrected chi connectivity index (χ1v) is 5.41. The van der Waals surface area contributed by atoms with Gasteiger partial charge in [0, 0.05) is 17.3 Å². The lowest BCUT2D eigenvalue weighted by Crippen LogP contribution is -1.99. The van der Waals surface area contributed by atoms with Crippen molar-refractivity contribution in [3.63, 3.8) is 0 Å². The third-order valence-electron chi connectivity index (χ3n) is 2.75. The third-order valence-corrected chi connectivity index (χ3v) is 2.75. The molecule has 0 saturated carbocycles. The number of hydrogen-bond donors (Lipinski definition) is 4. The molecular weight excluding hydrogens is 230 g/mol. The maximum absolute atomic E-state index is 11.1. The van der Waals surface area contributed by atoms with Crippen LogP contribution in [-0.4, -0.2) is 20.2 Å². The Morgan fingerprint density at radius 3 is 2.72 bits per heavy atom. The number of nitrogens with one attached hydrogen (secondary N) is 3. The molecule has 0 amide bonds. The van der Waals surface area contributed by atoms with Crippen molar-refractivity contribution in [1.82, 2.24) is 20.2 Å². The van der Waals surface area contributed by atoms with Gasteiger partial charge in [0.25, 0.3) is 0 Å². The maximum atomic E-state index is 11.1. The largest absolute Gasteiger partial charge is 0.384 e. The van der Waals surface area contributed by atoms with Crippen LogP contribution in [0.25, 0.3) is 22.4 Å². The van der Waals surface area contributed by atoms with Crippen molar-refractivity contribution in [2.24, 2.45) is 0 Å². The molecule has 18 heavy (non-hydrogen) atoms. The number of aromatic amines is 3. The zero-order valence-corrected chi connectivity index (χ0v) is 9.40. The number of nitrogen functional groups attached to an aromatic ring is 1. The summed E-state index contributed by atoms with van der Waals surface area (Å²) in [5, 5.41) is 6.58. The molecule has 0 atom stereocenters. The van der Waals surface area contributed by atoms with Gasteiger partial charge in [-0.3, -0.25) is 5.10 Å². The predicted octanol–water partition coefficient (Wildman–Crippen LogP) is 1.34. The summed E-state index contributed by atoms with van der Waals surface area (Å²) in [6.45, 7) is 0. The monoisotopic (exact) mass is 241 g/mol. The molecule has 3 aromatic rings. The second-order valence-electron chi connectivity index (χ2n) is 3.93. The van der Waals surface area contributed by atoms with Gasteiger partial charge in [-0.1, -0.05) is 18.2 Å². The van der Waals surface area contributed by atoms with Gasteiger partial charge in [-0.15, -0.1) is 0 Å². The van der Waals surface area contributed by atoms with Crippen LogP contribution in [0.2, 0.25) is 0 Å². The van der Waals surface area contributed by atoms with E-state index in [0.29, 0.717) is 5.82 Å². The molecule has 0 radical (unpaired) electrons. The normalized spacial score (nSPS) is 10.7. The van der Waals surface area contributed by atoms with Gasteiger partial charge in [0.05, 0.1) is 11.9 Å². The number of anilines is 1. The summed E-state index contributed by atoms with van der Waals surface area (Å²) in [6.07, 6.45) is 3.31. The highest BCUT2D eigenvalue weighted by Crippen LogP contribution is 2.27. The average molecular weight is 241 g/mol. The van der Waals surface area contributed by atoms with Gasteiger partial charge >= 0.3 is 5.69 Å². The van der Waals surface area contributed by atoms with Gasteiger partial charge in [-0.25, -0.2) is 4.79 Å². The first-order chi connectivity index (χ1) is 8.74. The number of hydrogen-bond acceptors (Lipinski definition) is 3. The Bertz CT molecular complexity index is 737. The van der Waals surface area contributed by atoms with Gasteiger partial charge in [-0.05, 0) is 11.6 Å². The average Bonchev–Trinajstić information content (AvgIpc) is 2.98. The first kappa shape index (κ1) is 10.4. The van der Waals surface area contributed by atoms with E-state index in [9.17, 15) is 4.79 Å². The molecule has 0 bridgehead atoms. The van der Waals surface area contributed by atoms with Crippen LogP contribution in [0.1, 0.15) is 0 Å². The van der Waals surface area contributed by atoms with Crippen LogP contribution in [0.5, 0.6) is 0 Å². The molecule has 0 aliphatic rings. The lowest BCUT2D eigenvalue weighted by atomic mass is 10.0. The number of nitrogens with zero attached hydrogens (tertiary/aromatic N) is 1. The number of imidazole rings is 1. The molecule has 3 rings (SSSR count). The fourth-order valence-corrected chi connectivity index (χ4v) is 1.87. The highest BCUT2D eigenvalue weighted by molar-refractivity contribution is 5.76. The Morgan fingerprint density at radius 2 is 2.06 bits per heavy atom. The molecule has 2 aromatic heterocycles. The predicted molar refractivity (Wildman–Crippen MR) is 68.8 cm³/mol. The number of nitrogens with two attached hydrogens (primary N) is 1. The summed E-state index contributed by atoms with van der Waals surface area (Å²) >= 11 is 0. The SMILES string of the molecule is Nc1[nH]ncc1-c1cccc(-c2c[nH]c(=O)[nH]2)c1. The second-order valence-corrected chi connectivity index (χ2v) is 3.93. The van der Waals surface area contributed by atoms with Crippen molar-refractivity contribution in [3.05, 3.63) is 47.1 Å². The van der Waals surface area contributed by atoms with Crippen molar-refractivity contribution in [2.75, 3.05) is 5.73 Å². The van der Waals surface area contributed by atoms with Crippen molar-refractivity contribution in [3.8, 4) is 22.4 Å². The van der Waals surface area contributed by atoms with Gasteiger partial charge in [0.1, 0.15) is 5.82 Å². The quantitative estimate of drug-likeness (QED) is 0.544. The van der Waals surface area contributed by atoms with Crippen LogP contribution in [0.3, 0.4) is 0 Å². The number of aromatic nitrogens is 4. The Labute approximate surface area is 102 Å². The summed E-state index contributed by atoms with van der Waals surface area (Å²) in [7, 11) is 0. The molecule has 0 unspecified atom stereocenters. The minimum Gasteiger partial charge on any atom is -0.384 e. The Balaban J connectivity index is 2.10. The van der Waals surface area contributed by atoms with Crippen LogP contribution in [-0.2, 0) is 0 Å². The minimum absolute atomic E-state index is 0.224. The van der Waals surface area contributed by atoms with Gasteiger partial charge in [0.15, 0.2) is 0 Å². The zero-order chi connectivity index (χ0) is 12.5. The molecule has 90 valence electrons. The Hall–Kier alpha value is -2.76. The van der Waals surface area contributed by atoms with E-state index in [2.05, 4.69) is 20.2 Å². The van der Waals surface area contributed by atoms with E-state index in [1.165, 1.54) is 0 Å². The van der Waals surface area contributed by atoms with Crippen molar-refractivity contribution in [1.29, 1.82) is 0 Å². The van der Waals surface area contributed by atoms with Crippen LogP contribution in [0.15, 0.2) is 41.5 Å². The van der Waals surface area contributed by atoms with E-state index in [-0.39, 0.29) is 5.69 Å². The van der Waals surface area contributed by atoms with Crippen LogP contribution < -0.4 is 11.4 Å². The van der Waals surface area contributed by atoms with Gasteiger partial charge in [-0.2, -0.15) is 5.10 Å². The molecule has 0 spiro atoms. The van der Waals surface area contributed by atoms with Gasteiger partial charge < -0.3 is 15.7 Å². The number of benzene rings is 1. The fraction of sp³-hybridized carbons (Fsp3) is 0. The fourth-order valence-electron chi connectivity index (χ4n) is 1.87. The molecular formula is C12H11N5O. The molecule has 6 nitrogen and oxygen atoms in total. The lowest BCUT2D eigenvalue weighted by molar-refractivity contribution is 1.10. The first-order valence-electron chi connectivity index (χ1n) is 5.41. The lowest BCUT2D eigenvalue weighted by Gasteiger charge is -2.02. The highest BCUT2D eigenvalue weighted by atomic mass is 16.1. The molecule has 6 heteroatoms.